The van der Waals surface area contributed by atoms with Gasteiger partial charge in [0, 0.05) is 27.3 Å². The SMILES string of the molecule is C[C@@H]1Cc2cc(C(=O)Nc3cc(Cl)cc(Cl)c3)ccc2N1S(C)(=O)=O. The summed E-state index contributed by atoms with van der Waals surface area (Å²) in [6, 6.07) is 9.61. The summed E-state index contributed by atoms with van der Waals surface area (Å²) >= 11 is 11.9. The standard InChI is InChI=1S/C17H16Cl2N2O3S/c1-10-5-12-6-11(3-4-16(12)21(10)25(2,23)24)17(22)20-15-8-13(18)7-14(19)9-15/h3-4,6-10H,5H2,1-2H3,(H,20,22)/t10-/m1/s1. The zero-order chi connectivity index (χ0) is 18.4. The molecule has 0 bridgehead atoms. The Bertz CT molecular complexity index is 940. The first-order valence-electron chi connectivity index (χ1n) is 7.55. The van der Waals surface area contributed by atoms with Crippen molar-refractivity contribution in [3.05, 3.63) is 57.6 Å². The lowest BCUT2D eigenvalue weighted by Gasteiger charge is -2.21. The summed E-state index contributed by atoms with van der Waals surface area (Å²) in [6.07, 6.45) is 1.74. The van der Waals surface area contributed by atoms with Gasteiger partial charge in [0.25, 0.3) is 5.91 Å². The monoisotopic (exact) mass is 398 g/mol. The Balaban J connectivity index is 1.88. The van der Waals surface area contributed by atoms with Gasteiger partial charge in [0.15, 0.2) is 0 Å². The third-order valence-corrected chi connectivity index (χ3v) is 5.68. The van der Waals surface area contributed by atoms with Gasteiger partial charge in [0.2, 0.25) is 10.0 Å². The second-order valence-corrected chi connectivity index (χ2v) is 8.80. The number of benzene rings is 2. The van der Waals surface area contributed by atoms with Crippen molar-refractivity contribution in [3.8, 4) is 0 Å². The quantitative estimate of drug-likeness (QED) is 0.850. The van der Waals surface area contributed by atoms with Crippen LogP contribution in [-0.4, -0.2) is 26.6 Å². The number of rotatable bonds is 3. The summed E-state index contributed by atoms with van der Waals surface area (Å²) in [5.41, 5.74) is 2.39. The molecule has 132 valence electrons. The highest BCUT2D eigenvalue weighted by molar-refractivity contribution is 7.92. The minimum atomic E-state index is -3.35. The van der Waals surface area contributed by atoms with Crippen LogP contribution in [0.25, 0.3) is 0 Å². The molecule has 1 heterocycles. The molecule has 0 radical (unpaired) electrons. The third kappa shape index (κ3) is 3.76. The molecule has 0 unspecified atom stereocenters. The predicted octanol–water partition coefficient (Wildman–Crippen LogP) is 3.96. The fraction of sp³-hybridized carbons (Fsp3) is 0.235. The van der Waals surface area contributed by atoms with Crippen LogP contribution >= 0.6 is 23.2 Å². The van der Waals surface area contributed by atoms with Crippen molar-refractivity contribution in [1.82, 2.24) is 0 Å². The minimum absolute atomic E-state index is 0.171. The Morgan fingerprint density at radius 2 is 1.80 bits per heavy atom. The molecule has 1 aliphatic rings. The van der Waals surface area contributed by atoms with Crippen molar-refractivity contribution in [1.29, 1.82) is 0 Å². The number of nitrogens with one attached hydrogen (secondary N) is 1. The highest BCUT2D eigenvalue weighted by Gasteiger charge is 2.32. The summed E-state index contributed by atoms with van der Waals surface area (Å²) in [7, 11) is -3.35. The van der Waals surface area contributed by atoms with Crippen LogP contribution in [0.1, 0.15) is 22.8 Å². The molecule has 8 heteroatoms. The number of anilines is 2. The summed E-state index contributed by atoms with van der Waals surface area (Å²) in [5.74, 6) is -0.313. The van der Waals surface area contributed by atoms with Gasteiger partial charge < -0.3 is 5.32 Å². The zero-order valence-electron chi connectivity index (χ0n) is 13.6. The number of hydrogen-bond acceptors (Lipinski definition) is 3. The Morgan fingerprint density at radius 1 is 1.16 bits per heavy atom. The zero-order valence-corrected chi connectivity index (χ0v) is 15.9. The van der Waals surface area contributed by atoms with Crippen molar-refractivity contribution in [2.24, 2.45) is 0 Å². The average molecular weight is 399 g/mol. The van der Waals surface area contributed by atoms with Gasteiger partial charge in [-0.25, -0.2) is 8.42 Å². The summed E-state index contributed by atoms with van der Waals surface area (Å²) < 4.78 is 25.3. The smallest absolute Gasteiger partial charge is 0.255 e. The Labute approximate surface area is 156 Å². The molecule has 0 aromatic heterocycles. The lowest BCUT2D eigenvalue weighted by molar-refractivity contribution is 0.102. The molecular weight excluding hydrogens is 383 g/mol. The number of carbonyl (C=O) groups excluding carboxylic acids is 1. The van der Waals surface area contributed by atoms with Crippen molar-refractivity contribution >= 4 is 50.5 Å². The van der Waals surface area contributed by atoms with Crippen LogP contribution in [0.15, 0.2) is 36.4 Å². The number of nitrogens with zero attached hydrogens (tertiary/aromatic N) is 1. The molecule has 2 aromatic carbocycles. The summed E-state index contributed by atoms with van der Waals surface area (Å²) in [4.78, 5) is 12.5. The van der Waals surface area contributed by atoms with Crippen molar-refractivity contribution in [2.75, 3.05) is 15.9 Å². The van der Waals surface area contributed by atoms with E-state index in [1.807, 2.05) is 6.92 Å². The second-order valence-electron chi connectivity index (χ2n) is 6.07. The van der Waals surface area contributed by atoms with Gasteiger partial charge >= 0.3 is 0 Å². The Kier molecular flexibility index (Phi) is 4.70. The van der Waals surface area contributed by atoms with E-state index in [0.29, 0.717) is 33.4 Å². The van der Waals surface area contributed by atoms with Crippen LogP contribution in [0.4, 0.5) is 11.4 Å². The molecule has 1 atom stereocenters. The molecule has 1 amide bonds. The van der Waals surface area contributed by atoms with Crippen LogP contribution in [-0.2, 0) is 16.4 Å². The molecule has 0 spiro atoms. The Hall–Kier alpha value is -1.76. The van der Waals surface area contributed by atoms with Crippen LogP contribution in [0.5, 0.6) is 0 Å². The van der Waals surface area contributed by atoms with E-state index in [-0.39, 0.29) is 11.9 Å². The molecule has 3 rings (SSSR count). The maximum atomic E-state index is 12.5. The van der Waals surface area contributed by atoms with Gasteiger partial charge in [0.05, 0.1) is 11.9 Å². The van der Waals surface area contributed by atoms with Gasteiger partial charge in [-0.1, -0.05) is 23.2 Å². The molecule has 5 nitrogen and oxygen atoms in total. The largest absolute Gasteiger partial charge is 0.322 e. The maximum absolute atomic E-state index is 12.5. The molecule has 0 saturated heterocycles. The lowest BCUT2D eigenvalue weighted by atomic mass is 10.1. The number of amides is 1. The van der Waals surface area contributed by atoms with E-state index in [0.717, 1.165) is 5.56 Å². The molecule has 1 N–H and O–H groups in total. The first kappa shape index (κ1) is 18.0. The predicted molar refractivity (Wildman–Crippen MR) is 101 cm³/mol. The fourth-order valence-corrected chi connectivity index (χ4v) is 4.87. The number of carbonyl (C=O) groups is 1. The molecule has 0 aliphatic carbocycles. The van der Waals surface area contributed by atoms with Crippen molar-refractivity contribution in [3.63, 3.8) is 0 Å². The molecule has 0 saturated carbocycles. The highest BCUT2D eigenvalue weighted by atomic mass is 35.5. The van der Waals surface area contributed by atoms with Gasteiger partial charge in [-0.3, -0.25) is 9.10 Å². The first-order valence-corrected chi connectivity index (χ1v) is 10.2. The first-order chi connectivity index (χ1) is 11.6. The van der Waals surface area contributed by atoms with E-state index in [2.05, 4.69) is 5.32 Å². The number of halogens is 2. The van der Waals surface area contributed by atoms with E-state index < -0.39 is 10.0 Å². The highest BCUT2D eigenvalue weighted by Crippen LogP contribution is 2.35. The van der Waals surface area contributed by atoms with Crippen LogP contribution < -0.4 is 9.62 Å². The normalized spacial score (nSPS) is 16.6. The number of fused-ring (bicyclic) bond motifs is 1. The average Bonchev–Trinajstić information content (AvgIpc) is 2.80. The van der Waals surface area contributed by atoms with E-state index in [1.54, 1.807) is 36.4 Å². The third-order valence-electron chi connectivity index (χ3n) is 3.97. The maximum Gasteiger partial charge on any atom is 0.255 e. The summed E-state index contributed by atoms with van der Waals surface area (Å²) in [5, 5.41) is 3.59. The van der Waals surface area contributed by atoms with Crippen LogP contribution in [0.3, 0.4) is 0 Å². The van der Waals surface area contributed by atoms with Gasteiger partial charge in [0.1, 0.15) is 0 Å². The summed E-state index contributed by atoms with van der Waals surface area (Å²) in [6.45, 7) is 1.84. The van der Waals surface area contributed by atoms with Crippen molar-refractivity contribution < 1.29 is 13.2 Å². The van der Waals surface area contributed by atoms with E-state index in [4.69, 9.17) is 23.2 Å². The van der Waals surface area contributed by atoms with Crippen LogP contribution in [0.2, 0.25) is 10.0 Å². The molecule has 1 aliphatic heterocycles. The van der Waals surface area contributed by atoms with Crippen molar-refractivity contribution in [2.45, 2.75) is 19.4 Å². The number of hydrogen-bond donors (Lipinski definition) is 1. The Morgan fingerprint density at radius 3 is 2.40 bits per heavy atom. The van der Waals surface area contributed by atoms with Gasteiger partial charge in [-0.15, -0.1) is 0 Å². The van der Waals surface area contributed by atoms with E-state index in [9.17, 15) is 13.2 Å². The molecule has 2 aromatic rings. The second kappa shape index (κ2) is 6.52. The number of sulfonamides is 1. The van der Waals surface area contributed by atoms with E-state index in [1.165, 1.54) is 10.6 Å². The minimum Gasteiger partial charge on any atom is -0.322 e. The molecule has 0 fully saturated rings. The topological polar surface area (TPSA) is 66.5 Å². The van der Waals surface area contributed by atoms with Gasteiger partial charge in [-0.05, 0) is 55.3 Å². The fourth-order valence-electron chi connectivity index (χ4n) is 3.08. The molecule has 25 heavy (non-hydrogen) atoms. The van der Waals surface area contributed by atoms with Crippen LogP contribution in [0, 0.1) is 0 Å². The lowest BCUT2D eigenvalue weighted by Crippen LogP contribution is -2.34. The van der Waals surface area contributed by atoms with E-state index >= 15 is 0 Å². The van der Waals surface area contributed by atoms with Gasteiger partial charge in [-0.2, -0.15) is 0 Å². The molecular formula is C17H16Cl2N2O3S.